The highest BCUT2D eigenvalue weighted by molar-refractivity contribution is 5.77. The van der Waals surface area contributed by atoms with E-state index in [1.165, 1.54) is 4.90 Å². The van der Waals surface area contributed by atoms with E-state index in [0.29, 0.717) is 12.3 Å². The zero-order chi connectivity index (χ0) is 13.8. The molecule has 3 N–H and O–H groups in total. The van der Waals surface area contributed by atoms with Gasteiger partial charge in [0.1, 0.15) is 12.2 Å². The van der Waals surface area contributed by atoms with Gasteiger partial charge in [0.15, 0.2) is 0 Å². The zero-order valence-electron chi connectivity index (χ0n) is 11.0. The molecule has 2 aliphatic rings. The quantitative estimate of drug-likeness (QED) is 0.781. The summed E-state index contributed by atoms with van der Waals surface area (Å²) in [5, 5.41) is 12.1. The molecule has 0 aliphatic carbocycles. The van der Waals surface area contributed by atoms with Crippen LogP contribution in [0.4, 0.5) is 4.39 Å². The molecule has 2 heterocycles. The van der Waals surface area contributed by atoms with Gasteiger partial charge in [0.25, 0.3) is 0 Å². The molecule has 0 aromatic heterocycles. The Kier molecular flexibility index (Phi) is 4.72. The Morgan fingerprint density at radius 2 is 2.32 bits per heavy atom. The molecule has 4 atom stereocenters. The number of amides is 1. The van der Waals surface area contributed by atoms with Gasteiger partial charge < -0.3 is 16.0 Å². The average Bonchev–Trinajstić information content (AvgIpc) is 2.77. The smallest absolute Gasteiger partial charge is 0.223 e. The van der Waals surface area contributed by atoms with Crippen molar-refractivity contribution in [3.63, 3.8) is 0 Å². The van der Waals surface area contributed by atoms with Crippen LogP contribution in [0.15, 0.2) is 0 Å². The van der Waals surface area contributed by atoms with Gasteiger partial charge in [0.2, 0.25) is 5.91 Å². The molecular weight excluding hydrogens is 247 g/mol. The zero-order valence-corrected chi connectivity index (χ0v) is 11.0. The molecule has 1 amide bonds. The van der Waals surface area contributed by atoms with Crippen LogP contribution < -0.4 is 11.1 Å². The lowest BCUT2D eigenvalue weighted by Gasteiger charge is -2.28. The Hall–Kier alpha value is -1.19. The van der Waals surface area contributed by atoms with Gasteiger partial charge in [-0.15, -0.1) is 0 Å². The highest BCUT2D eigenvalue weighted by Crippen LogP contribution is 2.24. The maximum absolute atomic E-state index is 13.2. The van der Waals surface area contributed by atoms with E-state index in [1.807, 2.05) is 6.07 Å². The molecule has 19 heavy (non-hydrogen) atoms. The topological polar surface area (TPSA) is 82.2 Å². The Bertz CT molecular complexity index is 370. The molecule has 2 saturated heterocycles. The molecule has 2 unspecified atom stereocenters. The summed E-state index contributed by atoms with van der Waals surface area (Å²) in [5.41, 5.74) is 5.82. The van der Waals surface area contributed by atoms with Crippen molar-refractivity contribution in [2.75, 3.05) is 13.1 Å². The second kappa shape index (κ2) is 6.31. The second-order valence-corrected chi connectivity index (χ2v) is 5.51. The number of likely N-dealkylation sites (tertiary alicyclic amines) is 1. The minimum atomic E-state index is -1.05. The average molecular weight is 268 g/mol. The van der Waals surface area contributed by atoms with Crippen LogP contribution in [0.2, 0.25) is 0 Å². The fourth-order valence-electron chi connectivity index (χ4n) is 2.95. The number of nitrogens with one attached hydrogen (secondary N) is 1. The largest absolute Gasteiger partial charge is 0.324 e. The van der Waals surface area contributed by atoms with E-state index in [2.05, 4.69) is 5.32 Å². The van der Waals surface area contributed by atoms with Crippen molar-refractivity contribution < 1.29 is 9.18 Å². The lowest BCUT2D eigenvalue weighted by atomic mass is 9.91. The van der Waals surface area contributed by atoms with Gasteiger partial charge in [-0.3, -0.25) is 4.79 Å². The molecular formula is C13H21FN4O. The van der Waals surface area contributed by atoms with Crippen molar-refractivity contribution in [3.8, 4) is 6.07 Å². The number of alkyl halides is 1. The fourth-order valence-corrected chi connectivity index (χ4v) is 2.95. The lowest BCUT2D eigenvalue weighted by Crippen LogP contribution is -2.44. The van der Waals surface area contributed by atoms with Crippen molar-refractivity contribution in [2.45, 2.75) is 50.5 Å². The summed E-state index contributed by atoms with van der Waals surface area (Å²) in [4.78, 5) is 13.4. The first-order valence-corrected chi connectivity index (χ1v) is 6.92. The number of nitriles is 1. The van der Waals surface area contributed by atoms with Crippen LogP contribution in [0, 0.1) is 17.2 Å². The summed E-state index contributed by atoms with van der Waals surface area (Å²) < 4.78 is 13.2. The van der Waals surface area contributed by atoms with Gasteiger partial charge in [0.05, 0.1) is 18.8 Å². The van der Waals surface area contributed by atoms with Gasteiger partial charge >= 0.3 is 0 Å². The molecule has 106 valence electrons. The first-order valence-electron chi connectivity index (χ1n) is 6.92. The molecule has 2 rings (SSSR count). The maximum Gasteiger partial charge on any atom is 0.223 e. The van der Waals surface area contributed by atoms with Crippen molar-refractivity contribution in [1.82, 2.24) is 10.2 Å². The number of carbonyl (C=O) groups is 1. The molecule has 0 aromatic rings. The van der Waals surface area contributed by atoms with Gasteiger partial charge in [-0.2, -0.15) is 5.26 Å². The van der Waals surface area contributed by atoms with Crippen LogP contribution in [0.25, 0.3) is 0 Å². The van der Waals surface area contributed by atoms with E-state index in [9.17, 15) is 9.18 Å². The van der Waals surface area contributed by atoms with E-state index >= 15 is 0 Å². The van der Waals surface area contributed by atoms with Crippen LogP contribution in [0.1, 0.15) is 32.1 Å². The Balaban J connectivity index is 1.79. The number of piperidine rings is 1. The van der Waals surface area contributed by atoms with Crippen molar-refractivity contribution >= 4 is 5.91 Å². The van der Waals surface area contributed by atoms with Crippen LogP contribution in [-0.2, 0) is 4.79 Å². The second-order valence-electron chi connectivity index (χ2n) is 5.51. The first-order chi connectivity index (χ1) is 9.10. The number of rotatable bonds is 3. The molecule has 0 aromatic carbocycles. The van der Waals surface area contributed by atoms with Crippen molar-refractivity contribution in [2.24, 2.45) is 11.7 Å². The monoisotopic (exact) mass is 268 g/mol. The summed E-state index contributed by atoms with van der Waals surface area (Å²) in [7, 11) is 0. The minimum absolute atomic E-state index is 0.0164. The van der Waals surface area contributed by atoms with E-state index in [4.69, 9.17) is 11.0 Å². The van der Waals surface area contributed by atoms with Gasteiger partial charge in [-0.1, -0.05) is 0 Å². The molecule has 0 saturated carbocycles. The van der Waals surface area contributed by atoms with Crippen molar-refractivity contribution in [1.29, 1.82) is 5.26 Å². The van der Waals surface area contributed by atoms with Crippen LogP contribution in [0.3, 0.4) is 0 Å². The molecule has 0 radical (unpaired) electrons. The van der Waals surface area contributed by atoms with E-state index in [0.717, 1.165) is 25.8 Å². The highest BCUT2D eigenvalue weighted by atomic mass is 19.1. The Morgan fingerprint density at radius 1 is 1.53 bits per heavy atom. The van der Waals surface area contributed by atoms with E-state index in [1.54, 1.807) is 0 Å². The lowest BCUT2D eigenvalue weighted by molar-refractivity contribution is -0.131. The summed E-state index contributed by atoms with van der Waals surface area (Å²) >= 11 is 0. The molecule has 5 nitrogen and oxygen atoms in total. The van der Waals surface area contributed by atoms with E-state index in [-0.39, 0.29) is 25.0 Å². The Labute approximate surface area is 112 Å². The van der Waals surface area contributed by atoms with Crippen molar-refractivity contribution in [3.05, 3.63) is 0 Å². The summed E-state index contributed by atoms with van der Waals surface area (Å²) in [5.74, 6) is 0.350. The molecule has 2 fully saturated rings. The first kappa shape index (κ1) is 14.2. The number of nitrogens with zero attached hydrogens (tertiary/aromatic N) is 2. The van der Waals surface area contributed by atoms with Crippen LogP contribution in [0.5, 0.6) is 0 Å². The third kappa shape index (κ3) is 3.64. The molecule has 2 aliphatic heterocycles. The molecule has 6 heteroatoms. The predicted octanol–water partition coefficient (Wildman–Crippen LogP) is 0.514. The standard InChI is InChI=1S/C13H21FN4O/c14-10-6-11(7-15)18(8-10)13(19)2-1-9-3-4-17-12(16)5-9/h9-12,17H,1-6,8,16H2/t9?,10-,11-,12?/m0/s1. The minimum Gasteiger partial charge on any atom is -0.324 e. The summed E-state index contributed by atoms with van der Waals surface area (Å²) in [6, 6.07) is 1.42. The summed E-state index contributed by atoms with van der Waals surface area (Å²) in [6.45, 7) is 0.958. The number of carbonyl (C=O) groups excluding carboxylic acids is 1. The normalized spacial score (nSPS) is 35.1. The van der Waals surface area contributed by atoms with E-state index < -0.39 is 12.2 Å². The number of hydrogen-bond donors (Lipinski definition) is 2. The van der Waals surface area contributed by atoms with Gasteiger partial charge in [0, 0.05) is 12.8 Å². The van der Waals surface area contributed by atoms with Crippen LogP contribution in [-0.4, -0.2) is 42.3 Å². The third-order valence-electron chi connectivity index (χ3n) is 4.03. The number of nitrogens with two attached hydrogens (primary N) is 1. The molecule has 0 bridgehead atoms. The Morgan fingerprint density at radius 3 is 3.00 bits per heavy atom. The molecule has 0 spiro atoms. The maximum atomic E-state index is 13.2. The highest BCUT2D eigenvalue weighted by Gasteiger charge is 2.35. The van der Waals surface area contributed by atoms with Gasteiger partial charge in [-0.25, -0.2) is 4.39 Å². The third-order valence-corrected chi connectivity index (χ3v) is 4.03. The number of halogens is 1. The predicted molar refractivity (Wildman–Crippen MR) is 68.6 cm³/mol. The summed E-state index contributed by atoms with van der Waals surface area (Å²) in [6.07, 6.45) is 2.18. The van der Waals surface area contributed by atoms with Gasteiger partial charge in [-0.05, 0) is 31.7 Å². The fraction of sp³-hybridized carbons (Fsp3) is 0.846. The number of hydrogen-bond acceptors (Lipinski definition) is 4. The SMILES string of the molecule is N#C[C@@H]1C[C@H](F)CN1C(=O)CCC1CCNC(N)C1. The van der Waals surface area contributed by atoms with Crippen LogP contribution >= 0.6 is 0 Å².